The predicted molar refractivity (Wildman–Crippen MR) is 163 cm³/mol. The number of likely N-dealkylation sites (tertiary alicyclic amines) is 1. The summed E-state index contributed by atoms with van der Waals surface area (Å²) in [7, 11) is 0. The largest absolute Gasteiger partial charge is 0.343 e. The monoisotopic (exact) mass is 573 g/mol. The van der Waals surface area contributed by atoms with Crippen LogP contribution in [-0.2, 0) is 4.79 Å². The van der Waals surface area contributed by atoms with Gasteiger partial charge in [-0.25, -0.2) is 14.5 Å². The summed E-state index contributed by atoms with van der Waals surface area (Å²) in [6.07, 6.45) is 4.95. The summed E-state index contributed by atoms with van der Waals surface area (Å²) in [6.45, 7) is 6.52. The minimum absolute atomic E-state index is 0.0831. The van der Waals surface area contributed by atoms with E-state index in [1.807, 2.05) is 47.4 Å². The molecule has 2 aromatic carbocycles. The Hall–Kier alpha value is -5.30. The molecule has 3 aromatic heterocycles. The number of aryl methyl sites for hydroxylation is 1. The quantitative estimate of drug-likeness (QED) is 0.327. The number of nitrogens with one attached hydrogen (secondary N) is 1. The van der Waals surface area contributed by atoms with Crippen molar-refractivity contribution in [3.05, 3.63) is 100.0 Å². The second kappa shape index (κ2) is 11.5. The van der Waals surface area contributed by atoms with Crippen LogP contribution in [0.2, 0.25) is 0 Å². The minimum Gasteiger partial charge on any atom is -0.343 e. The van der Waals surface area contributed by atoms with Crippen LogP contribution in [0, 0.1) is 24.7 Å². The van der Waals surface area contributed by atoms with Crippen LogP contribution in [0.3, 0.4) is 0 Å². The number of hydrogen-bond donors (Lipinski definition) is 1. The second-order valence-corrected chi connectivity index (χ2v) is 10.7. The van der Waals surface area contributed by atoms with E-state index in [-0.39, 0.29) is 23.3 Å². The molecule has 10 heteroatoms. The molecule has 5 aromatic rings. The van der Waals surface area contributed by atoms with Gasteiger partial charge in [0, 0.05) is 43.9 Å². The Morgan fingerprint density at radius 1 is 1.05 bits per heavy atom. The normalized spacial score (nSPS) is 14.3. The van der Waals surface area contributed by atoms with Crippen molar-refractivity contribution in [2.45, 2.75) is 39.7 Å². The van der Waals surface area contributed by atoms with Gasteiger partial charge in [0.25, 0.3) is 11.5 Å². The summed E-state index contributed by atoms with van der Waals surface area (Å²) in [6, 6.07) is 15.8. The lowest BCUT2D eigenvalue weighted by Crippen LogP contribution is -2.36. The topological polar surface area (TPSA) is 114 Å². The van der Waals surface area contributed by atoms with Gasteiger partial charge in [-0.1, -0.05) is 36.1 Å². The van der Waals surface area contributed by atoms with Crippen molar-refractivity contribution in [2.75, 3.05) is 13.1 Å². The van der Waals surface area contributed by atoms with Crippen LogP contribution in [0.1, 0.15) is 60.2 Å². The van der Waals surface area contributed by atoms with E-state index in [2.05, 4.69) is 27.2 Å². The predicted octanol–water partition coefficient (Wildman–Crippen LogP) is 3.84. The standard InChI is InChI=1S/C33H31N7O3/c1-21-28(31-34-17-8-18-39(31)37-21)32(42)35-22(2)30-36-27-12-7-9-25(14-13-24-15-19-38(20-16-24)23(3)41)29(27)33(43)40(30)26-10-5-4-6-11-26/h4-12,17-18,22,24H,15-16,19-20H2,1-3H3,(H,35,42)/t22-/m1/s1. The summed E-state index contributed by atoms with van der Waals surface area (Å²) < 4.78 is 3.11. The molecule has 0 unspecified atom stereocenters. The minimum atomic E-state index is -0.635. The van der Waals surface area contributed by atoms with Crippen molar-refractivity contribution in [3.8, 4) is 17.5 Å². The fraction of sp³-hybridized carbons (Fsp3) is 0.273. The summed E-state index contributed by atoms with van der Waals surface area (Å²) in [5.41, 5.74) is 2.83. The van der Waals surface area contributed by atoms with Gasteiger partial charge >= 0.3 is 0 Å². The Morgan fingerprint density at radius 3 is 2.56 bits per heavy atom. The number of carbonyl (C=O) groups is 2. The Morgan fingerprint density at radius 2 is 1.81 bits per heavy atom. The summed E-state index contributed by atoms with van der Waals surface area (Å²) >= 11 is 0. The highest BCUT2D eigenvalue weighted by Gasteiger charge is 2.25. The van der Waals surface area contributed by atoms with E-state index in [9.17, 15) is 14.4 Å². The molecule has 216 valence electrons. The Bertz CT molecular complexity index is 1980. The first-order chi connectivity index (χ1) is 20.8. The number of aromatic nitrogens is 5. The highest BCUT2D eigenvalue weighted by atomic mass is 16.2. The number of amides is 2. The molecule has 0 spiro atoms. The maximum absolute atomic E-state index is 14.3. The van der Waals surface area contributed by atoms with Gasteiger partial charge < -0.3 is 10.2 Å². The van der Waals surface area contributed by atoms with Gasteiger partial charge in [-0.15, -0.1) is 0 Å². The molecule has 1 aliphatic rings. The van der Waals surface area contributed by atoms with E-state index in [0.717, 1.165) is 12.8 Å². The first-order valence-corrected chi connectivity index (χ1v) is 14.3. The highest BCUT2D eigenvalue weighted by Crippen LogP contribution is 2.22. The van der Waals surface area contributed by atoms with Crippen LogP contribution in [-0.4, -0.2) is 54.0 Å². The maximum atomic E-state index is 14.3. The molecule has 0 saturated carbocycles. The molecule has 0 bridgehead atoms. The first-order valence-electron chi connectivity index (χ1n) is 14.3. The Labute approximate surface area is 248 Å². The number of rotatable bonds is 4. The molecule has 0 aliphatic carbocycles. The molecule has 6 rings (SSSR count). The lowest BCUT2D eigenvalue weighted by molar-refractivity contribution is -0.129. The van der Waals surface area contributed by atoms with E-state index in [1.54, 1.807) is 54.4 Å². The molecule has 2 amide bonds. The van der Waals surface area contributed by atoms with E-state index in [1.165, 1.54) is 0 Å². The highest BCUT2D eigenvalue weighted by molar-refractivity contribution is 6.01. The first kappa shape index (κ1) is 27.8. The number of fused-ring (bicyclic) bond motifs is 2. The Balaban J connectivity index is 1.40. The van der Waals surface area contributed by atoms with Crippen molar-refractivity contribution in [2.24, 2.45) is 5.92 Å². The van der Waals surface area contributed by atoms with E-state index < -0.39 is 6.04 Å². The third-order valence-corrected chi connectivity index (χ3v) is 7.82. The average molecular weight is 574 g/mol. The smallest absolute Gasteiger partial charge is 0.267 e. The van der Waals surface area contributed by atoms with Crippen LogP contribution in [0.25, 0.3) is 22.2 Å². The molecule has 1 aliphatic heterocycles. The number of hydrogen-bond acceptors (Lipinski definition) is 6. The number of carbonyl (C=O) groups excluding carboxylic acids is 2. The number of nitrogens with zero attached hydrogens (tertiary/aromatic N) is 6. The van der Waals surface area contributed by atoms with Gasteiger partial charge in [-0.3, -0.25) is 19.0 Å². The maximum Gasteiger partial charge on any atom is 0.267 e. The molecule has 43 heavy (non-hydrogen) atoms. The van der Waals surface area contributed by atoms with Crippen LogP contribution in [0.15, 0.2) is 71.8 Å². The van der Waals surface area contributed by atoms with E-state index in [0.29, 0.717) is 58.0 Å². The van der Waals surface area contributed by atoms with Gasteiger partial charge in [0.1, 0.15) is 11.4 Å². The Kier molecular flexibility index (Phi) is 7.47. The zero-order valence-electron chi connectivity index (χ0n) is 24.2. The second-order valence-electron chi connectivity index (χ2n) is 10.7. The van der Waals surface area contributed by atoms with Crippen molar-refractivity contribution in [1.29, 1.82) is 0 Å². The van der Waals surface area contributed by atoms with Gasteiger partial charge in [0.15, 0.2) is 5.65 Å². The van der Waals surface area contributed by atoms with Crippen molar-refractivity contribution in [3.63, 3.8) is 0 Å². The van der Waals surface area contributed by atoms with Crippen LogP contribution >= 0.6 is 0 Å². The van der Waals surface area contributed by atoms with Crippen LogP contribution < -0.4 is 10.9 Å². The van der Waals surface area contributed by atoms with Crippen LogP contribution in [0.4, 0.5) is 0 Å². The third kappa shape index (κ3) is 5.37. The van der Waals surface area contributed by atoms with E-state index >= 15 is 0 Å². The summed E-state index contributed by atoms with van der Waals surface area (Å²) in [5.74, 6) is 6.85. The van der Waals surface area contributed by atoms with Crippen molar-refractivity contribution >= 4 is 28.4 Å². The molecule has 1 saturated heterocycles. The fourth-order valence-corrected chi connectivity index (χ4v) is 5.58. The molecule has 0 radical (unpaired) electrons. The molecule has 1 N–H and O–H groups in total. The fourth-order valence-electron chi connectivity index (χ4n) is 5.58. The van der Waals surface area contributed by atoms with Gasteiger partial charge in [-0.05, 0) is 57.0 Å². The van der Waals surface area contributed by atoms with E-state index in [4.69, 9.17) is 4.98 Å². The molecular formula is C33H31N7O3. The van der Waals surface area contributed by atoms with Crippen molar-refractivity contribution < 1.29 is 9.59 Å². The molecular weight excluding hydrogens is 542 g/mol. The van der Waals surface area contributed by atoms with Gasteiger partial charge in [0.2, 0.25) is 5.91 Å². The SMILES string of the molecule is CC(=O)N1CCC(C#Cc2cccc3nc([C@@H](C)NC(=O)c4c(C)nn5cccnc45)n(-c4ccccc4)c(=O)c23)CC1. The zero-order valence-corrected chi connectivity index (χ0v) is 24.2. The lowest BCUT2D eigenvalue weighted by atomic mass is 9.96. The van der Waals surface area contributed by atoms with Crippen LogP contribution in [0.5, 0.6) is 0 Å². The molecule has 4 heterocycles. The summed E-state index contributed by atoms with van der Waals surface area (Å²) in [5, 5.41) is 7.84. The lowest BCUT2D eigenvalue weighted by Gasteiger charge is -2.28. The number of para-hydroxylation sites is 1. The molecule has 10 nitrogen and oxygen atoms in total. The molecule has 1 fully saturated rings. The molecule has 1 atom stereocenters. The van der Waals surface area contributed by atoms with Gasteiger partial charge in [-0.2, -0.15) is 5.10 Å². The third-order valence-electron chi connectivity index (χ3n) is 7.82. The van der Waals surface area contributed by atoms with Crippen molar-refractivity contribution in [1.82, 2.24) is 34.4 Å². The summed E-state index contributed by atoms with van der Waals surface area (Å²) in [4.78, 5) is 50.6. The number of piperidine rings is 1. The average Bonchev–Trinajstić information content (AvgIpc) is 3.36. The number of benzene rings is 2. The van der Waals surface area contributed by atoms with Gasteiger partial charge in [0.05, 0.1) is 28.3 Å². The zero-order chi connectivity index (χ0) is 30.1.